The molecule has 5 nitrogen and oxygen atoms in total. The summed E-state index contributed by atoms with van der Waals surface area (Å²) >= 11 is 5.88. The van der Waals surface area contributed by atoms with Crippen molar-refractivity contribution in [1.82, 2.24) is 15.0 Å². The number of nitrogens with one attached hydrogen (secondary N) is 1. The maximum absolute atomic E-state index is 11.2. The molecule has 0 aliphatic carbocycles. The van der Waals surface area contributed by atoms with Gasteiger partial charge in [-0.25, -0.2) is 4.68 Å². The molecular weight excluding hydrogens is 312 g/mol. The summed E-state index contributed by atoms with van der Waals surface area (Å²) in [7, 11) is 0. The Kier molecular flexibility index (Phi) is 4.39. The van der Waals surface area contributed by atoms with E-state index in [-0.39, 0.29) is 5.78 Å². The van der Waals surface area contributed by atoms with E-state index in [1.807, 2.05) is 42.6 Å². The second-order valence-electron chi connectivity index (χ2n) is 5.12. The van der Waals surface area contributed by atoms with Gasteiger partial charge in [-0.05, 0) is 55.5 Å². The van der Waals surface area contributed by atoms with Gasteiger partial charge in [-0.2, -0.15) is 0 Å². The Bertz CT molecular complexity index is 809. The number of benzene rings is 2. The van der Waals surface area contributed by atoms with E-state index >= 15 is 0 Å². The van der Waals surface area contributed by atoms with Crippen molar-refractivity contribution in [3.05, 3.63) is 71.0 Å². The molecule has 1 heterocycles. The van der Waals surface area contributed by atoms with Gasteiger partial charge in [-0.3, -0.25) is 4.79 Å². The lowest BCUT2D eigenvalue weighted by atomic mass is 10.1. The van der Waals surface area contributed by atoms with E-state index in [9.17, 15) is 4.79 Å². The fraction of sp³-hybridized carbons (Fsp3) is 0.118. The van der Waals surface area contributed by atoms with E-state index in [0.717, 1.165) is 17.1 Å². The molecule has 3 rings (SSSR count). The first-order valence-corrected chi connectivity index (χ1v) is 7.51. The zero-order chi connectivity index (χ0) is 16.2. The summed E-state index contributed by atoms with van der Waals surface area (Å²) in [5.74, 6) is 0.0578. The van der Waals surface area contributed by atoms with E-state index in [1.54, 1.807) is 23.7 Å². The van der Waals surface area contributed by atoms with Gasteiger partial charge in [0.2, 0.25) is 0 Å². The number of carbonyl (C=O) groups is 1. The molecule has 0 atom stereocenters. The zero-order valence-electron chi connectivity index (χ0n) is 12.5. The fourth-order valence-electron chi connectivity index (χ4n) is 2.11. The Hall–Kier alpha value is -2.66. The predicted molar refractivity (Wildman–Crippen MR) is 90.1 cm³/mol. The first kappa shape index (κ1) is 15.2. The third kappa shape index (κ3) is 3.76. The summed E-state index contributed by atoms with van der Waals surface area (Å²) in [5.41, 5.74) is 3.34. The molecule has 0 amide bonds. The van der Waals surface area contributed by atoms with Crippen LogP contribution in [0.3, 0.4) is 0 Å². The first-order chi connectivity index (χ1) is 11.1. The van der Waals surface area contributed by atoms with Crippen molar-refractivity contribution in [1.29, 1.82) is 0 Å². The van der Waals surface area contributed by atoms with Gasteiger partial charge < -0.3 is 5.32 Å². The third-order valence-electron chi connectivity index (χ3n) is 3.40. The summed E-state index contributed by atoms with van der Waals surface area (Å²) in [4.78, 5) is 11.2. The lowest BCUT2D eigenvalue weighted by Crippen LogP contribution is -2.00. The van der Waals surface area contributed by atoms with Crippen molar-refractivity contribution < 1.29 is 4.79 Å². The molecule has 0 aliphatic rings. The maximum Gasteiger partial charge on any atom is 0.159 e. The van der Waals surface area contributed by atoms with Crippen LogP contribution in [0.25, 0.3) is 5.69 Å². The minimum Gasteiger partial charge on any atom is -0.379 e. The van der Waals surface area contributed by atoms with Crippen LogP contribution in [0.2, 0.25) is 5.02 Å². The predicted octanol–water partition coefficient (Wildman–Crippen LogP) is 3.74. The van der Waals surface area contributed by atoms with Gasteiger partial charge in [0.1, 0.15) is 5.69 Å². The molecule has 0 spiro atoms. The van der Waals surface area contributed by atoms with Crippen LogP contribution < -0.4 is 5.32 Å². The van der Waals surface area contributed by atoms with Gasteiger partial charge in [-0.1, -0.05) is 16.8 Å². The molecule has 6 heteroatoms. The Balaban J connectivity index is 1.65. The van der Waals surface area contributed by atoms with Gasteiger partial charge >= 0.3 is 0 Å². The normalized spacial score (nSPS) is 10.5. The van der Waals surface area contributed by atoms with Crippen LogP contribution in [-0.4, -0.2) is 20.8 Å². The average Bonchev–Trinajstić information content (AvgIpc) is 3.03. The van der Waals surface area contributed by atoms with Gasteiger partial charge in [0.05, 0.1) is 18.4 Å². The lowest BCUT2D eigenvalue weighted by Gasteiger charge is -2.04. The van der Waals surface area contributed by atoms with Crippen molar-refractivity contribution in [3.63, 3.8) is 0 Å². The number of halogens is 1. The number of hydrogen-bond acceptors (Lipinski definition) is 4. The first-order valence-electron chi connectivity index (χ1n) is 7.14. The van der Waals surface area contributed by atoms with Crippen LogP contribution in [0.5, 0.6) is 0 Å². The topological polar surface area (TPSA) is 59.8 Å². The molecule has 0 aliphatic heterocycles. The fourth-order valence-corrected chi connectivity index (χ4v) is 2.24. The number of hydrogen-bond donors (Lipinski definition) is 1. The van der Waals surface area contributed by atoms with Crippen LogP contribution in [0, 0.1) is 0 Å². The Labute approximate surface area is 138 Å². The smallest absolute Gasteiger partial charge is 0.159 e. The summed E-state index contributed by atoms with van der Waals surface area (Å²) < 4.78 is 1.70. The van der Waals surface area contributed by atoms with E-state index < -0.39 is 0 Å². The van der Waals surface area contributed by atoms with E-state index in [1.165, 1.54) is 0 Å². The molecule has 1 N–H and O–H groups in total. The second kappa shape index (κ2) is 6.62. The van der Waals surface area contributed by atoms with Crippen LogP contribution in [0.15, 0.2) is 54.7 Å². The number of aromatic nitrogens is 3. The van der Waals surface area contributed by atoms with Crippen LogP contribution in [-0.2, 0) is 6.54 Å². The Morgan fingerprint density at radius 3 is 2.48 bits per heavy atom. The molecule has 116 valence electrons. The number of ketones is 1. The lowest BCUT2D eigenvalue weighted by molar-refractivity contribution is 0.101. The number of nitrogens with zero attached hydrogens (tertiary/aromatic N) is 3. The number of Topliss-reactive ketones (excluding diaryl/α,β-unsaturated/α-hetero) is 1. The summed E-state index contributed by atoms with van der Waals surface area (Å²) in [6, 6.07) is 14.7. The molecule has 3 aromatic rings. The van der Waals surface area contributed by atoms with Crippen molar-refractivity contribution in [2.75, 3.05) is 5.32 Å². The summed E-state index contributed by atoms with van der Waals surface area (Å²) in [6.07, 6.45) is 1.86. The number of rotatable bonds is 5. The highest BCUT2D eigenvalue weighted by atomic mass is 35.5. The number of carbonyl (C=O) groups excluding carboxylic acids is 1. The number of anilines is 1. The monoisotopic (exact) mass is 326 g/mol. The minimum atomic E-state index is 0.0578. The van der Waals surface area contributed by atoms with Crippen LogP contribution in [0.4, 0.5) is 5.69 Å². The van der Waals surface area contributed by atoms with Crippen LogP contribution >= 0.6 is 11.6 Å². The Morgan fingerprint density at radius 1 is 1.13 bits per heavy atom. The molecule has 0 saturated carbocycles. The highest BCUT2D eigenvalue weighted by Gasteiger charge is 2.04. The highest BCUT2D eigenvalue weighted by Crippen LogP contribution is 2.14. The van der Waals surface area contributed by atoms with Gasteiger partial charge in [0, 0.05) is 16.3 Å². The standard InChI is InChI=1S/C17H15ClN4O/c1-12(23)13-2-6-15(7-3-13)19-10-16-11-22(21-20-16)17-8-4-14(18)5-9-17/h2-9,11,19H,10H2,1H3. The minimum absolute atomic E-state index is 0.0578. The van der Waals surface area contributed by atoms with Crippen molar-refractivity contribution in [2.45, 2.75) is 13.5 Å². The van der Waals surface area contributed by atoms with Crippen LogP contribution in [0.1, 0.15) is 23.0 Å². The molecule has 0 fully saturated rings. The van der Waals surface area contributed by atoms with E-state index in [2.05, 4.69) is 15.6 Å². The summed E-state index contributed by atoms with van der Waals surface area (Å²) in [5, 5.41) is 12.2. The zero-order valence-corrected chi connectivity index (χ0v) is 13.3. The largest absolute Gasteiger partial charge is 0.379 e. The molecule has 0 bridgehead atoms. The molecule has 0 unspecified atom stereocenters. The quantitative estimate of drug-likeness (QED) is 0.726. The second-order valence-corrected chi connectivity index (χ2v) is 5.55. The van der Waals surface area contributed by atoms with E-state index in [4.69, 9.17) is 11.6 Å². The molecule has 1 aromatic heterocycles. The van der Waals surface area contributed by atoms with Crippen molar-refractivity contribution >= 4 is 23.1 Å². The molecule has 0 saturated heterocycles. The highest BCUT2D eigenvalue weighted by molar-refractivity contribution is 6.30. The van der Waals surface area contributed by atoms with Gasteiger partial charge in [0.25, 0.3) is 0 Å². The average molecular weight is 327 g/mol. The maximum atomic E-state index is 11.2. The summed E-state index contributed by atoms with van der Waals surface area (Å²) in [6.45, 7) is 2.10. The Morgan fingerprint density at radius 2 is 1.83 bits per heavy atom. The van der Waals surface area contributed by atoms with Crippen molar-refractivity contribution in [3.8, 4) is 5.69 Å². The van der Waals surface area contributed by atoms with Gasteiger partial charge in [-0.15, -0.1) is 5.10 Å². The third-order valence-corrected chi connectivity index (χ3v) is 3.65. The SMILES string of the molecule is CC(=O)c1ccc(NCc2cn(-c3ccc(Cl)cc3)nn2)cc1. The molecule has 2 aromatic carbocycles. The molecule has 23 heavy (non-hydrogen) atoms. The van der Waals surface area contributed by atoms with Crippen molar-refractivity contribution in [2.24, 2.45) is 0 Å². The molecule has 0 radical (unpaired) electrons. The van der Waals surface area contributed by atoms with E-state index in [0.29, 0.717) is 17.1 Å². The molecular formula is C17H15ClN4O. The van der Waals surface area contributed by atoms with Gasteiger partial charge in [0.15, 0.2) is 5.78 Å².